The number of hydroxylamine groups is 1. The Hall–Kier alpha value is -1.60. The summed E-state index contributed by atoms with van der Waals surface area (Å²) in [6, 6.07) is 0. The van der Waals surface area contributed by atoms with Crippen molar-refractivity contribution in [1.29, 1.82) is 0 Å². The van der Waals surface area contributed by atoms with Crippen molar-refractivity contribution in [3.63, 3.8) is 0 Å². The maximum absolute atomic E-state index is 12.9. The highest BCUT2D eigenvalue weighted by molar-refractivity contribution is 7.13. The summed E-state index contributed by atoms with van der Waals surface area (Å²) in [6.45, 7) is 10.0. The molecule has 0 atom stereocenters. The molecule has 7 heteroatoms. The summed E-state index contributed by atoms with van der Waals surface area (Å²) in [7, 11) is 0. The van der Waals surface area contributed by atoms with Crippen molar-refractivity contribution in [3.8, 4) is 0 Å². The summed E-state index contributed by atoms with van der Waals surface area (Å²) in [5.41, 5.74) is 3.61. The van der Waals surface area contributed by atoms with Crippen molar-refractivity contribution in [2.24, 2.45) is 11.3 Å². The lowest BCUT2D eigenvalue weighted by atomic mass is 9.68. The number of anilines is 1. The number of nitrogens with one attached hydrogen (secondary N) is 1. The number of amides is 1. The van der Waals surface area contributed by atoms with Crippen LogP contribution in [0, 0.1) is 11.3 Å². The van der Waals surface area contributed by atoms with Gasteiger partial charge >= 0.3 is 0 Å². The van der Waals surface area contributed by atoms with Crippen LogP contribution in [0.25, 0.3) is 0 Å². The molecule has 0 radical (unpaired) electrons. The minimum absolute atomic E-state index is 0.0589. The second kappa shape index (κ2) is 7.09. The minimum atomic E-state index is -0.296. The van der Waals surface area contributed by atoms with Crippen LogP contribution in [0.15, 0.2) is 23.3 Å². The zero-order valence-electron chi connectivity index (χ0n) is 16.5. The molecule has 1 aromatic rings. The molecule has 4 rings (SSSR count). The molecule has 3 aliphatic rings. The van der Waals surface area contributed by atoms with Gasteiger partial charge in [0.15, 0.2) is 5.13 Å². The monoisotopic (exact) mass is 390 g/mol. The average Bonchev–Trinajstić information content (AvgIpc) is 3.32. The molecule has 0 aromatic carbocycles. The van der Waals surface area contributed by atoms with Gasteiger partial charge in [0.2, 0.25) is 0 Å². The molecule has 1 saturated heterocycles. The van der Waals surface area contributed by atoms with Crippen LogP contribution in [0.1, 0.15) is 46.5 Å². The maximum Gasteiger partial charge on any atom is 0.272 e. The molecule has 0 unspecified atom stereocenters. The maximum atomic E-state index is 12.9. The predicted octanol–water partition coefficient (Wildman–Crippen LogP) is 3.19. The first-order valence-electron chi connectivity index (χ1n) is 9.97. The molecule has 6 nitrogen and oxygen atoms in total. The number of carbonyl (C=O) groups excluding carboxylic acids is 1. The van der Waals surface area contributed by atoms with Crippen molar-refractivity contribution in [3.05, 3.63) is 23.3 Å². The molecule has 1 aliphatic carbocycles. The van der Waals surface area contributed by atoms with E-state index in [0.717, 1.165) is 62.9 Å². The lowest BCUT2D eigenvalue weighted by molar-refractivity contribution is -0.130. The van der Waals surface area contributed by atoms with Crippen LogP contribution in [0.5, 0.6) is 0 Å². The number of piperazine rings is 1. The third-order valence-electron chi connectivity index (χ3n) is 6.32. The number of nitrogens with zero attached hydrogens (tertiary/aromatic N) is 3. The topological polar surface area (TPSA) is 57.7 Å². The van der Waals surface area contributed by atoms with Crippen molar-refractivity contribution in [1.82, 2.24) is 15.4 Å². The Bertz CT molecular complexity index is 694. The lowest BCUT2D eigenvalue weighted by Crippen LogP contribution is -2.49. The molecule has 3 heterocycles. The van der Waals surface area contributed by atoms with Gasteiger partial charge in [0.05, 0.1) is 0 Å². The van der Waals surface area contributed by atoms with Gasteiger partial charge in [-0.3, -0.25) is 15.1 Å². The van der Waals surface area contributed by atoms with E-state index in [1.807, 2.05) is 16.5 Å². The molecule has 0 bridgehead atoms. The second-order valence-corrected chi connectivity index (χ2v) is 9.93. The van der Waals surface area contributed by atoms with Gasteiger partial charge in [0, 0.05) is 37.8 Å². The highest BCUT2D eigenvalue weighted by Gasteiger charge is 2.43. The molecule has 1 amide bonds. The molecular weight excluding hydrogens is 360 g/mol. The number of thiazole rings is 1. The first-order chi connectivity index (χ1) is 12.9. The highest BCUT2D eigenvalue weighted by Crippen LogP contribution is 2.44. The molecular formula is C20H30N4O2S. The third kappa shape index (κ3) is 3.85. The Morgan fingerprint density at radius 2 is 1.96 bits per heavy atom. The Morgan fingerprint density at radius 1 is 1.26 bits per heavy atom. The molecule has 27 heavy (non-hydrogen) atoms. The van der Waals surface area contributed by atoms with E-state index < -0.39 is 0 Å². The van der Waals surface area contributed by atoms with Gasteiger partial charge in [0.1, 0.15) is 11.3 Å². The van der Waals surface area contributed by atoms with Crippen molar-refractivity contribution in [2.75, 3.05) is 31.1 Å². The smallest absolute Gasteiger partial charge is 0.272 e. The molecule has 148 valence electrons. The van der Waals surface area contributed by atoms with Crippen molar-refractivity contribution >= 4 is 22.4 Å². The minimum Gasteiger partial charge on any atom is -0.345 e. The first kappa shape index (κ1) is 18.7. The van der Waals surface area contributed by atoms with Gasteiger partial charge < -0.3 is 9.80 Å². The number of hydrogen-bond acceptors (Lipinski definition) is 6. The average molecular weight is 391 g/mol. The predicted molar refractivity (Wildman–Crippen MR) is 107 cm³/mol. The fourth-order valence-electron chi connectivity index (χ4n) is 4.45. The van der Waals surface area contributed by atoms with Crippen LogP contribution < -0.4 is 10.4 Å². The summed E-state index contributed by atoms with van der Waals surface area (Å²) in [5, 5.41) is 3.03. The molecule has 1 spiro atoms. The number of aromatic nitrogens is 1. The fraction of sp³-hybridized carbons (Fsp3) is 0.700. The number of carbonyl (C=O) groups is 1. The molecule has 1 N–H and O–H groups in total. The van der Waals surface area contributed by atoms with Crippen molar-refractivity contribution in [2.45, 2.75) is 52.1 Å². The van der Waals surface area contributed by atoms with E-state index in [9.17, 15) is 4.79 Å². The molecule has 1 saturated carbocycles. The second-order valence-electron chi connectivity index (χ2n) is 9.06. The van der Waals surface area contributed by atoms with Crippen LogP contribution in [0.3, 0.4) is 0 Å². The summed E-state index contributed by atoms with van der Waals surface area (Å²) < 4.78 is 0. The summed E-state index contributed by atoms with van der Waals surface area (Å²) in [5.74, 6) is 0.780. The van der Waals surface area contributed by atoms with Gasteiger partial charge in [-0.05, 0) is 43.1 Å². The fourth-order valence-corrected chi connectivity index (χ4v) is 5.14. The van der Waals surface area contributed by atoms with Crippen LogP contribution >= 0.6 is 11.3 Å². The Balaban J connectivity index is 1.34. The normalized spacial score (nSPS) is 29.0. The van der Waals surface area contributed by atoms with E-state index >= 15 is 0 Å². The molecule has 2 aliphatic heterocycles. The van der Waals surface area contributed by atoms with Crippen LogP contribution in [0.4, 0.5) is 5.13 Å². The quantitative estimate of drug-likeness (QED) is 0.840. The Labute approximate surface area is 165 Å². The van der Waals surface area contributed by atoms with E-state index in [1.165, 1.54) is 0 Å². The summed E-state index contributed by atoms with van der Waals surface area (Å²) in [6.07, 6.45) is 8.15. The number of rotatable bonds is 2. The van der Waals surface area contributed by atoms with Gasteiger partial charge in [-0.25, -0.2) is 4.98 Å². The first-order valence-corrected chi connectivity index (χ1v) is 10.8. The van der Waals surface area contributed by atoms with Crippen LogP contribution in [-0.2, 0) is 9.63 Å². The van der Waals surface area contributed by atoms with Gasteiger partial charge in [-0.2, -0.15) is 0 Å². The van der Waals surface area contributed by atoms with E-state index in [0.29, 0.717) is 11.1 Å². The van der Waals surface area contributed by atoms with E-state index in [2.05, 4.69) is 42.2 Å². The standard InChI is InChI=1S/C20H30N4O2S/c1-19(2,3)15-4-6-20(7-5-15)14-16(22-26-20)17(25)23-9-11-24(12-10-23)18-21-8-13-27-18/h8,13-15,22H,4-7,9-12H2,1-3H3. The Kier molecular flexibility index (Phi) is 4.93. The summed E-state index contributed by atoms with van der Waals surface area (Å²) >= 11 is 1.65. The largest absolute Gasteiger partial charge is 0.345 e. The highest BCUT2D eigenvalue weighted by atomic mass is 32.1. The Morgan fingerprint density at radius 3 is 2.56 bits per heavy atom. The van der Waals surface area contributed by atoms with E-state index in [4.69, 9.17) is 4.84 Å². The van der Waals surface area contributed by atoms with E-state index in [1.54, 1.807) is 11.3 Å². The SMILES string of the molecule is CC(C)(C)C1CCC2(C=C(C(=O)N3CCN(c4nccs4)CC3)NO2)CC1. The third-order valence-corrected chi connectivity index (χ3v) is 7.15. The van der Waals surface area contributed by atoms with E-state index in [-0.39, 0.29) is 11.5 Å². The molecule has 1 aromatic heterocycles. The molecule has 2 fully saturated rings. The van der Waals surface area contributed by atoms with Crippen LogP contribution in [0.2, 0.25) is 0 Å². The lowest BCUT2D eigenvalue weighted by Gasteiger charge is -2.40. The van der Waals surface area contributed by atoms with Crippen LogP contribution in [-0.4, -0.2) is 47.6 Å². The van der Waals surface area contributed by atoms with Gasteiger partial charge in [0.25, 0.3) is 5.91 Å². The number of hydrogen-bond donors (Lipinski definition) is 1. The summed E-state index contributed by atoms with van der Waals surface area (Å²) in [4.78, 5) is 27.4. The van der Waals surface area contributed by atoms with Gasteiger partial charge in [-0.1, -0.05) is 20.8 Å². The zero-order chi connectivity index (χ0) is 19.1. The van der Waals surface area contributed by atoms with Gasteiger partial charge in [-0.15, -0.1) is 11.3 Å². The zero-order valence-corrected chi connectivity index (χ0v) is 17.3. The van der Waals surface area contributed by atoms with Crippen molar-refractivity contribution < 1.29 is 9.63 Å².